The maximum absolute atomic E-state index is 12.7. The topological polar surface area (TPSA) is 84.4 Å². The minimum Gasteiger partial charge on any atom is -0.462 e. The molecule has 1 saturated heterocycles. The summed E-state index contributed by atoms with van der Waals surface area (Å²) >= 11 is 1.25. The van der Waals surface area contributed by atoms with Gasteiger partial charge in [-0.1, -0.05) is 0 Å². The molecule has 8 heteroatoms. The van der Waals surface area contributed by atoms with Crippen LogP contribution in [0.1, 0.15) is 35.0 Å². The molecule has 0 radical (unpaired) electrons. The van der Waals surface area contributed by atoms with Gasteiger partial charge in [0.1, 0.15) is 4.88 Å². The van der Waals surface area contributed by atoms with Gasteiger partial charge in [-0.15, -0.1) is 11.3 Å². The third-order valence-corrected chi connectivity index (χ3v) is 5.38. The van der Waals surface area contributed by atoms with Gasteiger partial charge >= 0.3 is 5.97 Å². The van der Waals surface area contributed by atoms with Crippen molar-refractivity contribution in [1.82, 2.24) is 9.97 Å². The Morgan fingerprint density at radius 3 is 2.88 bits per heavy atom. The van der Waals surface area contributed by atoms with Crippen molar-refractivity contribution in [2.24, 2.45) is 5.92 Å². The van der Waals surface area contributed by atoms with Gasteiger partial charge < -0.3 is 15.0 Å². The molecular formula is C18H22N4O3S. The molecule has 1 unspecified atom stereocenters. The number of hydrogen-bond acceptors (Lipinski definition) is 7. The lowest BCUT2D eigenvalue weighted by molar-refractivity contribution is -0.120. The molecule has 0 saturated carbocycles. The van der Waals surface area contributed by atoms with Gasteiger partial charge in [-0.3, -0.25) is 4.79 Å². The molecule has 2 aromatic rings. The average Bonchev–Trinajstić information content (AvgIpc) is 3.03. The Labute approximate surface area is 156 Å². The summed E-state index contributed by atoms with van der Waals surface area (Å²) in [6.07, 6.45) is 5.15. The number of aryl methyl sites for hydroxylation is 1. The van der Waals surface area contributed by atoms with Crippen LogP contribution in [-0.4, -0.2) is 41.5 Å². The zero-order valence-corrected chi connectivity index (χ0v) is 15.7. The van der Waals surface area contributed by atoms with Gasteiger partial charge in [0, 0.05) is 25.5 Å². The summed E-state index contributed by atoms with van der Waals surface area (Å²) in [7, 11) is 0. The van der Waals surface area contributed by atoms with Crippen LogP contribution in [0.4, 0.5) is 10.9 Å². The van der Waals surface area contributed by atoms with Crippen molar-refractivity contribution in [2.45, 2.75) is 26.7 Å². The second-order valence-electron chi connectivity index (χ2n) is 6.17. The van der Waals surface area contributed by atoms with Crippen molar-refractivity contribution in [3.05, 3.63) is 35.0 Å². The van der Waals surface area contributed by atoms with Gasteiger partial charge in [-0.25, -0.2) is 14.8 Å². The van der Waals surface area contributed by atoms with E-state index in [1.165, 1.54) is 11.3 Å². The van der Waals surface area contributed by atoms with Gasteiger partial charge in [-0.2, -0.15) is 0 Å². The highest BCUT2D eigenvalue weighted by atomic mass is 32.1. The number of carbonyl (C=O) groups is 2. The van der Waals surface area contributed by atoms with E-state index >= 15 is 0 Å². The summed E-state index contributed by atoms with van der Waals surface area (Å²) in [6, 6.07) is 3.59. The monoisotopic (exact) mass is 374 g/mol. The van der Waals surface area contributed by atoms with Gasteiger partial charge in [-0.05, 0) is 44.4 Å². The normalized spacial score (nSPS) is 17.0. The largest absolute Gasteiger partial charge is 0.462 e. The lowest BCUT2D eigenvalue weighted by Crippen LogP contribution is -2.41. The van der Waals surface area contributed by atoms with E-state index in [0.29, 0.717) is 29.0 Å². The minimum absolute atomic E-state index is 0.0395. The van der Waals surface area contributed by atoms with Crippen LogP contribution in [0.5, 0.6) is 0 Å². The van der Waals surface area contributed by atoms with E-state index in [1.807, 2.05) is 17.9 Å². The highest BCUT2D eigenvalue weighted by Gasteiger charge is 2.27. The zero-order chi connectivity index (χ0) is 18.5. The summed E-state index contributed by atoms with van der Waals surface area (Å²) in [5.41, 5.74) is 0.812. The first kappa shape index (κ1) is 18.3. The zero-order valence-electron chi connectivity index (χ0n) is 14.9. The number of nitrogens with one attached hydrogen (secondary N) is 1. The maximum atomic E-state index is 12.7. The molecule has 1 aliphatic heterocycles. The van der Waals surface area contributed by atoms with Crippen LogP contribution >= 0.6 is 11.3 Å². The Morgan fingerprint density at radius 1 is 1.38 bits per heavy atom. The van der Waals surface area contributed by atoms with Crippen LogP contribution in [0.3, 0.4) is 0 Å². The Kier molecular flexibility index (Phi) is 5.82. The van der Waals surface area contributed by atoms with Gasteiger partial charge in [0.25, 0.3) is 0 Å². The van der Waals surface area contributed by atoms with Crippen molar-refractivity contribution < 1.29 is 14.3 Å². The molecule has 0 bridgehead atoms. The van der Waals surface area contributed by atoms with Crippen LogP contribution in [0.2, 0.25) is 0 Å². The molecule has 2 aromatic heterocycles. The van der Waals surface area contributed by atoms with Crippen LogP contribution < -0.4 is 10.2 Å². The number of carbonyl (C=O) groups excluding carboxylic acids is 2. The lowest BCUT2D eigenvalue weighted by atomic mass is 9.97. The number of nitrogens with zero attached hydrogens (tertiary/aromatic N) is 3. The molecular weight excluding hydrogens is 352 g/mol. The molecule has 1 aliphatic rings. The summed E-state index contributed by atoms with van der Waals surface area (Å²) in [6.45, 7) is 5.38. The number of ether oxygens (including phenoxy) is 1. The van der Waals surface area contributed by atoms with Crippen LogP contribution in [-0.2, 0) is 9.53 Å². The first-order valence-corrected chi connectivity index (χ1v) is 9.50. The smallest absolute Gasteiger partial charge is 0.348 e. The molecule has 0 aromatic carbocycles. The fraction of sp³-hybridized carbons (Fsp3) is 0.444. The first-order valence-electron chi connectivity index (χ1n) is 8.69. The average molecular weight is 374 g/mol. The van der Waals surface area contributed by atoms with Gasteiger partial charge in [0.2, 0.25) is 11.9 Å². The molecule has 1 amide bonds. The molecule has 7 nitrogen and oxygen atoms in total. The van der Waals surface area contributed by atoms with E-state index in [2.05, 4.69) is 15.3 Å². The van der Waals surface area contributed by atoms with E-state index in [9.17, 15) is 9.59 Å². The van der Waals surface area contributed by atoms with E-state index < -0.39 is 0 Å². The van der Waals surface area contributed by atoms with Crippen LogP contribution in [0.15, 0.2) is 24.5 Å². The standard InChI is InChI=1S/C18H22N4O3S/c1-3-25-17(24)15-12(2)10-14(26-15)21-16(23)13-6-4-9-22(11-13)18-19-7-5-8-20-18/h5,7-8,10,13H,3-4,6,9,11H2,1-2H3,(H,21,23). The summed E-state index contributed by atoms with van der Waals surface area (Å²) in [4.78, 5) is 35.7. The molecule has 0 spiro atoms. The number of rotatable bonds is 5. The van der Waals surface area contributed by atoms with E-state index in [-0.39, 0.29) is 17.8 Å². The third-order valence-electron chi connectivity index (χ3n) is 4.25. The summed E-state index contributed by atoms with van der Waals surface area (Å²) < 4.78 is 5.04. The van der Waals surface area contributed by atoms with Gasteiger partial charge in [0.15, 0.2) is 0 Å². The number of hydrogen-bond donors (Lipinski definition) is 1. The Balaban J connectivity index is 1.64. The van der Waals surface area contributed by atoms with Crippen molar-refractivity contribution >= 4 is 34.2 Å². The van der Waals surface area contributed by atoms with E-state index in [1.54, 1.807) is 25.4 Å². The molecule has 0 aliphatic carbocycles. The molecule has 138 valence electrons. The maximum Gasteiger partial charge on any atom is 0.348 e. The van der Waals surface area contributed by atoms with Crippen molar-refractivity contribution in [3.8, 4) is 0 Å². The van der Waals surface area contributed by atoms with Crippen molar-refractivity contribution in [3.63, 3.8) is 0 Å². The van der Waals surface area contributed by atoms with Gasteiger partial charge in [0.05, 0.1) is 17.5 Å². The first-order chi connectivity index (χ1) is 12.6. The Bertz CT molecular complexity index is 778. The predicted octanol–water partition coefficient (Wildman–Crippen LogP) is 2.88. The minimum atomic E-state index is -0.347. The highest BCUT2D eigenvalue weighted by Crippen LogP contribution is 2.29. The molecule has 1 N–H and O–H groups in total. The molecule has 3 heterocycles. The van der Waals surface area contributed by atoms with Crippen LogP contribution in [0.25, 0.3) is 0 Å². The fourth-order valence-electron chi connectivity index (χ4n) is 2.99. The van der Waals surface area contributed by atoms with Crippen LogP contribution in [0, 0.1) is 12.8 Å². The second-order valence-corrected chi connectivity index (χ2v) is 7.22. The molecule has 1 atom stereocenters. The van der Waals surface area contributed by atoms with E-state index in [4.69, 9.17) is 4.74 Å². The number of thiophene rings is 1. The second kappa shape index (κ2) is 8.27. The Morgan fingerprint density at radius 2 is 2.15 bits per heavy atom. The quantitative estimate of drug-likeness (QED) is 0.810. The lowest BCUT2D eigenvalue weighted by Gasteiger charge is -2.31. The number of piperidine rings is 1. The molecule has 26 heavy (non-hydrogen) atoms. The van der Waals surface area contributed by atoms with Crippen molar-refractivity contribution in [1.29, 1.82) is 0 Å². The summed E-state index contributed by atoms with van der Waals surface area (Å²) in [5, 5.41) is 3.62. The number of anilines is 2. The number of aromatic nitrogens is 2. The fourth-order valence-corrected chi connectivity index (χ4v) is 3.96. The van der Waals surface area contributed by atoms with E-state index in [0.717, 1.165) is 24.9 Å². The molecule has 1 fully saturated rings. The number of amides is 1. The highest BCUT2D eigenvalue weighted by molar-refractivity contribution is 7.18. The van der Waals surface area contributed by atoms with Crippen molar-refractivity contribution in [2.75, 3.05) is 29.9 Å². The SMILES string of the molecule is CCOC(=O)c1sc(NC(=O)C2CCCN(c3ncccn3)C2)cc1C. The predicted molar refractivity (Wildman–Crippen MR) is 101 cm³/mol. The Hall–Kier alpha value is -2.48. The molecule has 3 rings (SSSR count). The summed E-state index contributed by atoms with van der Waals surface area (Å²) in [5.74, 6) is 0.130. The third kappa shape index (κ3) is 4.19. The number of esters is 1.